The maximum absolute atomic E-state index is 11.8. The van der Waals surface area contributed by atoms with Crippen LogP contribution in [0.3, 0.4) is 0 Å². The molecule has 1 saturated heterocycles. The summed E-state index contributed by atoms with van der Waals surface area (Å²) < 4.78 is 0. The lowest BCUT2D eigenvalue weighted by Gasteiger charge is -2.13. The van der Waals surface area contributed by atoms with E-state index < -0.39 is 0 Å². The van der Waals surface area contributed by atoms with Gasteiger partial charge in [0.25, 0.3) is 5.91 Å². The molecule has 1 aromatic heterocycles. The SMILES string of the molecule is O=C1CCN(C(=O)c2ccc(Cl)cn2)C1. The number of hydrogen-bond donors (Lipinski definition) is 0. The number of pyridine rings is 1. The van der Waals surface area contributed by atoms with Crippen LogP contribution < -0.4 is 0 Å². The number of Topliss-reactive ketones (excluding diaryl/α,β-unsaturated/α-hetero) is 1. The molecule has 0 saturated carbocycles. The molecule has 0 aliphatic carbocycles. The largest absolute Gasteiger partial charge is 0.330 e. The Kier molecular flexibility index (Phi) is 2.68. The highest BCUT2D eigenvalue weighted by Crippen LogP contribution is 2.11. The molecule has 1 amide bonds. The van der Waals surface area contributed by atoms with Crippen LogP contribution in [0.15, 0.2) is 18.3 Å². The van der Waals surface area contributed by atoms with Crippen LogP contribution >= 0.6 is 11.6 Å². The van der Waals surface area contributed by atoms with Gasteiger partial charge in [0, 0.05) is 19.2 Å². The average molecular weight is 225 g/mol. The summed E-state index contributed by atoms with van der Waals surface area (Å²) in [6.45, 7) is 0.686. The van der Waals surface area contributed by atoms with Crippen LogP contribution in [0.4, 0.5) is 0 Å². The van der Waals surface area contributed by atoms with E-state index in [2.05, 4.69) is 4.98 Å². The first-order valence-electron chi connectivity index (χ1n) is 4.59. The molecule has 0 bridgehead atoms. The van der Waals surface area contributed by atoms with Gasteiger partial charge < -0.3 is 4.90 Å². The highest BCUT2D eigenvalue weighted by Gasteiger charge is 2.25. The lowest BCUT2D eigenvalue weighted by atomic mass is 10.3. The number of likely N-dealkylation sites (tertiary alicyclic amines) is 1. The van der Waals surface area contributed by atoms with Crippen LogP contribution in [0.5, 0.6) is 0 Å². The topological polar surface area (TPSA) is 50.3 Å². The Morgan fingerprint density at radius 3 is 2.80 bits per heavy atom. The molecular weight excluding hydrogens is 216 g/mol. The molecule has 1 aliphatic heterocycles. The molecule has 0 radical (unpaired) electrons. The van der Waals surface area contributed by atoms with Gasteiger partial charge in [0.05, 0.1) is 11.6 Å². The molecule has 0 spiro atoms. The zero-order chi connectivity index (χ0) is 10.8. The standard InChI is InChI=1S/C10H9ClN2O2/c11-7-1-2-9(12-5-7)10(15)13-4-3-8(14)6-13/h1-2,5H,3-4,6H2. The van der Waals surface area contributed by atoms with Crippen LogP contribution in [-0.2, 0) is 4.79 Å². The fourth-order valence-corrected chi connectivity index (χ4v) is 1.58. The maximum atomic E-state index is 11.8. The van der Waals surface area contributed by atoms with Crippen molar-refractivity contribution in [1.82, 2.24) is 9.88 Å². The molecule has 78 valence electrons. The number of aromatic nitrogens is 1. The predicted octanol–water partition coefficient (Wildman–Crippen LogP) is 1.15. The molecule has 2 rings (SSSR count). The number of rotatable bonds is 1. The van der Waals surface area contributed by atoms with Gasteiger partial charge in [0.15, 0.2) is 5.78 Å². The fourth-order valence-electron chi connectivity index (χ4n) is 1.47. The Balaban J connectivity index is 2.14. The van der Waals surface area contributed by atoms with Crippen molar-refractivity contribution in [1.29, 1.82) is 0 Å². The van der Waals surface area contributed by atoms with Gasteiger partial charge in [-0.1, -0.05) is 11.6 Å². The average Bonchev–Trinajstić information content (AvgIpc) is 2.65. The van der Waals surface area contributed by atoms with Gasteiger partial charge in [-0.15, -0.1) is 0 Å². The van der Waals surface area contributed by atoms with E-state index in [1.165, 1.54) is 11.1 Å². The van der Waals surface area contributed by atoms with Crippen molar-refractivity contribution < 1.29 is 9.59 Å². The van der Waals surface area contributed by atoms with Gasteiger partial charge in [-0.05, 0) is 12.1 Å². The molecule has 0 N–H and O–H groups in total. The third-order valence-electron chi connectivity index (χ3n) is 2.26. The second kappa shape index (κ2) is 3.98. The highest BCUT2D eigenvalue weighted by atomic mass is 35.5. The minimum atomic E-state index is -0.211. The molecule has 5 heteroatoms. The van der Waals surface area contributed by atoms with E-state index in [9.17, 15) is 9.59 Å². The quantitative estimate of drug-likeness (QED) is 0.719. The third-order valence-corrected chi connectivity index (χ3v) is 2.49. The Labute approximate surface area is 91.9 Å². The Morgan fingerprint density at radius 2 is 2.27 bits per heavy atom. The Morgan fingerprint density at radius 1 is 1.47 bits per heavy atom. The third kappa shape index (κ3) is 2.15. The second-order valence-electron chi connectivity index (χ2n) is 3.38. The van der Waals surface area contributed by atoms with Gasteiger partial charge in [-0.25, -0.2) is 4.98 Å². The monoisotopic (exact) mass is 224 g/mol. The number of carbonyl (C=O) groups is 2. The van der Waals surface area contributed by atoms with Gasteiger partial charge in [0.2, 0.25) is 0 Å². The molecule has 15 heavy (non-hydrogen) atoms. The van der Waals surface area contributed by atoms with Crippen LogP contribution in [0.2, 0.25) is 5.02 Å². The molecule has 1 aliphatic rings. The van der Waals surface area contributed by atoms with Crippen molar-refractivity contribution in [2.24, 2.45) is 0 Å². The predicted molar refractivity (Wildman–Crippen MR) is 54.8 cm³/mol. The van der Waals surface area contributed by atoms with Gasteiger partial charge >= 0.3 is 0 Å². The number of ketones is 1. The van der Waals surface area contributed by atoms with E-state index in [0.29, 0.717) is 23.7 Å². The van der Waals surface area contributed by atoms with Gasteiger partial charge in [-0.3, -0.25) is 9.59 Å². The van der Waals surface area contributed by atoms with Crippen molar-refractivity contribution in [3.63, 3.8) is 0 Å². The first-order chi connectivity index (χ1) is 7.16. The number of halogens is 1. The number of nitrogens with zero attached hydrogens (tertiary/aromatic N) is 2. The van der Waals surface area contributed by atoms with Gasteiger partial charge in [-0.2, -0.15) is 0 Å². The minimum Gasteiger partial charge on any atom is -0.330 e. The van der Waals surface area contributed by atoms with Crippen LogP contribution in [0.25, 0.3) is 0 Å². The van der Waals surface area contributed by atoms with E-state index in [-0.39, 0.29) is 18.2 Å². The zero-order valence-electron chi connectivity index (χ0n) is 7.94. The summed E-state index contributed by atoms with van der Waals surface area (Å²) in [6.07, 6.45) is 1.87. The summed E-state index contributed by atoms with van der Waals surface area (Å²) in [4.78, 5) is 28.2. The van der Waals surface area contributed by atoms with Gasteiger partial charge in [0.1, 0.15) is 5.69 Å². The maximum Gasteiger partial charge on any atom is 0.272 e. The number of hydrogen-bond acceptors (Lipinski definition) is 3. The van der Waals surface area contributed by atoms with E-state index in [4.69, 9.17) is 11.6 Å². The summed E-state index contributed by atoms with van der Waals surface area (Å²) in [7, 11) is 0. The smallest absolute Gasteiger partial charge is 0.272 e. The molecule has 1 fully saturated rings. The molecular formula is C10H9ClN2O2. The molecule has 1 aromatic rings. The summed E-state index contributed by atoms with van der Waals surface area (Å²) >= 11 is 5.66. The van der Waals surface area contributed by atoms with E-state index in [1.807, 2.05) is 0 Å². The fraction of sp³-hybridized carbons (Fsp3) is 0.300. The Bertz CT molecular complexity index is 402. The van der Waals surface area contributed by atoms with Crippen molar-refractivity contribution >= 4 is 23.3 Å². The van der Waals surface area contributed by atoms with Crippen molar-refractivity contribution in [2.75, 3.05) is 13.1 Å². The van der Waals surface area contributed by atoms with E-state index in [1.54, 1.807) is 12.1 Å². The Hall–Kier alpha value is -1.42. The number of carbonyl (C=O) groups excluding carboxylic acids is 2. The first kappa shape index (κ1) is 10.1. The highest BCUT2D eigenvalue weighted by molar-refractivity contribution is 6.30. The normalized spacial score (nSPS) is 15.8. The first-order valence-corrected chi connectivity index (χ1v) is 4.97. The summed E-state index contributed by atoms with van der Waals surface area (Å²) in [5, 5.41) is 0.490. The van der Waals surface area contributed by atoms with Crippen molar-refractivity contribution in [3.05, 3.63) is 29.0 Å². The van der Waals surface area contributed by atoms with Crippen molar-refractivity contribution in [2.45, 2.75) is 6.42 Å². The van der Waals surface area contributed by atoms with Crippen molar-refractivity contribution in [3.8, 4) is 0 Å². The molecule has 0 atom stereocenters. The van der Waals surface area contributed by atoms with Crippen LogP contribution in [-0.4, -0.2) is 34.7 Å². The van der Waals surface area contributed by atoms with Crippen LogP contribution in [0, 0.1) is 0 Å². The number of amides is 1. The van der Waals surface area contributed by atoms with E-state index in [0.717, 1.165) is 0 Å². The molecule has 2 heterocycles. The molecule has 0 aromatic carbocycles. The lowest BCUT2D eigenvalue weighted by Crippen LogP contribution is -2.29. The second-order valence-corrected chi connectivity index (χ2v) is 3.81. The zero-order valence-corrected chi connectivity index (χ0v) is 8.70. The lowest BCUT2D eigenvalue weighted by molar-refractivity contribution is -0.116. The van der Waals surface area contributed by atoms with Crippen LogP contribution in [0.1, 0.15) is 16.9 Å². The molecule has 0 unspecified atom stereocenters. The summed E-state index contributed by atoms with van der Waals surface area (Å²) in [5.74, 6) is -0.116. The summed E-state index contributed by atoms with van der Waals surface area (Å²) in [5.41, 5.74) is 0.328. The van der Waals surface area contributed by atoms with E-state index >= 15 is 0 Å². The summed E-state index contributed by atoms with van der Waals surface area (Å²) in [6, 6.07) is 3.17. The molecule has 4 nitrogen and oxygen atoms in total. The minimum absolute atomic E-state index is 0.0947.